The second-order valence-corrected chi connectivity index (χ2v) is 5.92. The zero-order valence-electron chi connectivity index (χ0n) is 11.4. The standard InChI is InChI=1S/C14H13BrN2O3S/c1-8(18)16-11-4-3-9(7-12(11)20-2)17-14(19)13-10(15)5-6-21-13/h3-7H,1-2H3,(H,16,18)(H,17,19). The Labute approximate surface area is 134 Å². The fraction of sp³-hybridized carbons (Fsp3) is 0.143. The summed E-state index contributed by atoms with van der Waals surface area (Å²) in [7, 11) is 1.50. The Kier molecular flexibility index (Phi) is 4.98. The first kappa shape index (κ1) is 15.5. The van der Waals surface area contributed by atoms with Gasteiger partial charge in [-0.15, -0.1) is 11.3 Å². The molecular weight excluding hydrogens is 356 g/mol. The average Bonchev–Trinajstić information content (AvgIpc) is 2.86. The number of hydrogen-bond donors (Lipinski definition) is 2. The highest BCUT2D eigenvalue weighted by Crippen LogP contribution is 2.29. The molecule has 0 aliphatic rings. The number of benzene rings is 1. The van der Waals surface area contributed by atoms with Crippen LogP contribution in [0.1, 0.15) is 16.6 Å². The van der Waals surface area contributed by atoms with Crippen LogP contribution in [0.2, 0.25) is 0 Å². The van der Waals surface area contributed by atoms with Gasteiger partial charge in [0.2, 0.25) is 5.91 Å². The second-order valence-electron chi connectivity index (χ2n) is 4.15. The third-order valence-corrected chi connectivity index (χ3v) is 4.43. The molecule has 21 heavy (non-hydrogen) atoms. The van der Waals surface area contributed by atoms with E-state index in [1.54, 1.807) is 18.2 Å². The third-order valence-electron chi connectivity index (χ3n) is 2.59. The number of nitrogens with one attached hydrogen (secondary N) is 2. The van der Waals surface area contributed by atoms with Gasteiger partial charge in [-0.25, -0.2) is 0 Å². The molecule has 0 unspecified atom stereocenters. The normalized spacial score (nSPS) is 10.0. The van der Waals surface area contributed by atoms with Crippen LogP contribution in [-0.2, 0) is 4.79 Å². The molecule has 0 radical (unpaired) electrons. The van der Waals surface area contributed by atoms with Crippen molar-refractivity contribution in [1.29, 1.82) is 0 Å². The van der Waals surface area contributed by atoms with Crippen molar-refractivity contribution in [3.05, 3.63) is 39.0 Å². The van der Waals surface area contributed by atoms with Crippen LogP contribution >= 0.6 is 27.3 Å². The molecule has 0 aliphatic heterocycles. The van der Waals surface area contributed by atoms with Crippen molar-refractivity contribution in [2.75, 3.05) is 17.7 Å². The summed E-state index contributed by atoms with van der Waals surface area (Å²) >= 11 is 4.68. The van der Waals surface area contributed by atoms with Gasteiger partial charge in [0.1, 0.15) is 10.6 Å². The van der Waals surface area contributed by atoms with Gasteiger partial charge in [-0.3, -0.25) is 9.59 Å². The van der Waals surface area contributed by atoms with Crippen molar-refractivity contribution < 1.29 is 14.3 Å². The lowest BCUT2D eigenvalue weighted by molar-refractivity contribution is -0.114. The zero-order chi connectivity index (χ0) is 15.4. The SMILES string of the molecule is COc1cc(NC(=O)c2sccc2Br)ccc1NC(C)=O. The Morgan fingerprint density at radius 3 is 2.57 bits per heavy atom. The average molecular weight is 369 g/mol. The fourth-order valence-electron chi connectivity index (χ4n) is 1.71. The minimum Gasteiger partial charge on any atom is -0.494 e. The molecule has 0 fully saturated rings. The van der Waals surface area contributed by atoms with E-state index in [1.807, 2.05) is 11.4 Å². The molecule has 0 spiro atoms. The van der Waals surface area contributed by atoms with Crippen LogP contribution < -0.4 is 15.4 Å². The van der Waals surface area contributed by atoms with E-state index in [4.69, 9.17) is 4.74 Å². The topological polar surface area (TPSA) is 67.4 Å². The molecule has 2 amide bonds. The van der Waals surface area contributed by atoms with Crippen LogP contribution in [0.3, 0.4) is 0 Å². The molecular formula is C14H13BrN2O3S. The van der Waals surface area contributed by atoms with Crippen molar-refractivity contribution in [3.63, 3.8) is 0 Å². The number of rotatable bonds is 4. The van der Waals surface area contributed by atoms with Crippen molar-refractivity contribution >= 4 is 50.5 Å². The van der Waals surface area contributed by atoms with E-state index in [0.717, 1.165) is 4.47 Å². The summed E-state index contributed by atoms with van der Waals surface area (Å²) in [6.07, 6.45) is 0. The van der Waals surface area contributed by atoms with Crippen LogP contribution in [0.4, 0.5) is 11.4 Å². The van der Waals surface area contributed by atoms with Crippen LogP contribution in [0.15, 0.2) is 34.1 Å². The van der Waals surface area contributed by atoms with Crippen LogP contribution in [0.5, 0.6) is 5.75 Å². The molecule has 2 rings (SSSR count). The van der Waals surface area contributed by atoms with Gasteiger partial charge in [-0.2, -0.15) is 0 Å². The lowest BCUT2D eigenvalue weighted by Crippen LogP contribution is -2.11. The summed E-state index contributed by atoms with van der Waals surface area (Å²) in [6, 6.07) is 6.86. The van der Waals surface area contributed by atoms with E-state index >= 15 is 0 Å². The minimum atomic E-state index is -0.203. The van der Waals surface area contributed by atoms with Gasteiger partial charge in [-0.05, 0) is 39.5 Å². The molecule has 5 nitrogen and oxygen atoms in total. The van der Waals surface area contributed by atoms with E-state index in [1.165, 1.54) is 25.4 Å². The van der Waals surface area contributed by atoms with Crippen molar-refractivity contribution in [2.24, 2.45) is 0 Å². The number of halogens is 1. The number of thiophene rings is 1. The van der Waals surface area contributed by atoms with Gasteiger partial charge in [0, 0.05) is 23.2 Å². The summed E-state index contributed by atoms with van der Waals surface area (Å²) < 4.78 is 5.97. The van der Waals surface area contributed by atoms with E-state index in [-0.39, 0.29) is 11.8 Å². The quantitative estimate of drug-likeness (QED) is 0.863. The van der Waals surface area contributed by atoms with Gasteiger partial charge in [0.05, 0.1) is 12.8 Å². The summed E-state index contributed by atoms with van der Waals surface area (Å²) in [5.41, 5.74) is 1.14. The summed E-state index contributed by atoms with van der Waals surface area (Å²) in [5, 5.41) is 7.28. The highest BCUT2D eigenvalue weighted by Gasteiger charge is 2.13. The highest BCUT2D eigenvalue weighted by atomic mass is 79.9. The molecule has 1 aromatic carbocycles. The molecule has 1 heterocycles. The van der Waals surface area contributed by atoms with Gasteiger partial charge < -0.3 is 15.4 Å². The zero-order valence-corrected chi connectivity index (χ0v) is 13.8. The Morgan fingerprint density at radius 2 is 2.00 bits per heavy atom. The number of anilines is 2. The smallest absolute Gasteiger partial charge is 0.266 e. The van der Waals surface area contributed by atoms with Gasteiger partial charge in [0.25, 0.3) is 5.91 Å². The molecule has 0 saturated carbocycles. The second kappa shape index (κ2) is 6.73. The largest absolute Gasteiger partial charge is 0.494 e. The predicted molar refractivity (Wildman–Crippen MR) is 87.3 cm³/mol. The lowest BCUT2D eigenvalue weighted by Gasteiger charge is -2.11. The van der Waals surface area contributed by atoms with Crippen molar-refractivity contribution in [1.82, 2.24) is 0 Å². The summed E-state index contributed by atoms with van der Waals surface area (Å²) in [5.74, 6) is 0.0899. The molecule has 0 bridgehead atoms. The van der Waals surface area contributed by atoms with Crippen molar-refractivity contribution in [2.45, 2.75) is 6.92 Å². The van der Waals surface area contributed by atoms with Crippen LogP contribution in [0.25, 0.3) is 0 Å². The monoisotopic (exact) mass is 368 g/mol. The number of carbonyl (C=O) groups is 2. The Bertz CT molecular complexity index is 685. The van der Waals surface area contributed by atoms with Crippen molar-refractivity contribution in [3.8, 4) is 5.75 Å². The highest BCUT2D eigenvalue weighted by molar-refractivity contribution is 9.10. The van der Waals surface area contributed by atoms with Gasteiger partial charge in [0.15, 0.2) is 0 Å². The van der Waals surface area contributed by atoms with Gasteiger partial charge >= 0.3 is 0 Å². The molecule has 110 valence electrons. The maximum absolute atomic E-state index is 12.1. The molecule has 7 heteroatoms. The first-order valence-electron chi connectivity index (χ1n) is 6.01. The van der Waals surface area contributed by atoms with E-state index in [2.05, 4.69) is 26.6 Å². The Morgan fingerprint density at radius 1 is 1.24 bits per heavy atom. The summed E-state index contributed by atoms with van der Waals surface area (Å²) in [6.45, 7) is 1.42. The number of ether oxygens (including phenoxy) is 1. The molecule has 0 saturated heterocycles. The number of hydrogen-bond acceptors (Lipinski definition) is 4. The maximum Gasteiger partial charge on any atom is 0.266 e. The molecule has 0 atom stereocenters. The minimum absolute atomic E-state index is 0.187. The maximum atomic E-state index is 12.1. The molecule has 1 aromatic heterocycles. The van der Waals surface area contributed by atoms with E-state index < -0.39 is 0 Å². The predicted octanol–water partition coefficient (Wildman–Crippen LogP) is 3.73. The van der Waals surface area contributed by atoms with E-state index in [0.29, 0.717) is 22.0 Å². The fourth-order valence-corrected chi connectivity index (χ4v) is 3.15. The van der Waals surface area contributed by atoms with Crippen LogP contribution in [0, 0.1) is 0 Å². The van der Waals surface area contributed by atoms with Crippen LogP contribution in [-0.4, -0.2) is 18.9 Å². The Balaban J connectivity index is 2.19. The summed E-state index contributed by atoms with van der Waals surface area (Å²) in [4.78, 5) is 23.8. The third kappa shape index (κ3) is 3.83. The number of amides is 2. The first-order chi connectivity index (χ1) is 10.0. The molecule has 2 aromatic rings. The first-order valence-corrected chi connectivity index (χ1v) is 7.68. The Hall–Kier alpha value is -1.86. The molecule has 2 N–H and O–H groups in total. The van der Waals surface area contributed by atoms with Gasteiger partial charge in [-0.1, -0.05) is 0 Å². The molecule has 0 aliphatic carbocycles. The number of carbonyl (C=O) groups excluding carboxylic acids is 2. The van der Waals surface area contributed by atoms with E-state index in [9.17, 15) is 9.59 Å². The number of methoxy groups -OCH3 is 1. The lowest BCUT2D eigenvalue weighted by atomic mass is 10.2.